The fraction of sp³-hybridized carbons (Fsp3) is 0.250. The average molecular weight is 311 g/mol. The first-order chi connectivity index (χ1) is 11.1. The molecule has 0 spiro atoms. The molecule has 0 N–H and O–H groups in total. The first kappa shape index (κ1) is 15.0. The van der Waals surface area contributed by atoms with Gasteiger partial charge in [-0.25, -0.2) is 13.9 Å². The molecule has 7 heteroatoms. The van der Waals surface area contributed by atoms with Gasteiger partial charge in [-0.2, -0.15) is 0 Å². The summed E-state index contributed by atoms with van der Waals surface area (Å²) in [5.74, 6) is -0.190. The summed E-state index contributed by atoms with van der Waals surface area (Å²) in [7, 11) is 0. The number of aromatic nitrogens is 4. The summed E-state index contributed by atoms with van der Waals surface area (Å²) < 4.78 is 2.53. The van der Waals surface area contributed by atoms with E-state index < -0.39 is 0 Å². The Bertz CT molecular complexity index is 882. The van der Waals surface area contributed by atoms with Crippen LogP contribution in [0.2, 0.25) is 0 Å². The van der Waals surface area contributed by atoms with Crippen LogP contribution < -0.4 is 10.6 Å². The van der Waals surface area contributed by atoms with E-state index in [1.165, 1.54) is 23.0 Å². The molecule has 0 atom stereocenters. The van der Waals surface area contributed by atoms with Crippen molar-refractivity contribution in [3.8, 4) is 0 Å². The lowest BCUT2D eigenvalue weighted by Gasteiger charge is -2.26. The third kappa shape index (κ3) is 2.85. The van der Waals surface area contributed by atoms with E-state index in [-0.39, 0.29) is 24.2 Å². The predicted octanol–water partition coefficient (Wildman–Crippen LogP) is 1.33. The molecule has 7 nitrogen and oxygen atoms in total. The molecule has 3 aromatic rings. The largest absolute Gasteiger partial charge is 0.350 e. The molecule has 0 aliphatic heterocycles. The Balaban J connectivity index is 1.92. The van der Waals surface area contributed by atoms with Gasteiger partial charge < -0.3 is 4.90 Å². The SMILES string of the molecule is CC(C)N(C(=O)Cn1nc2cnccn2c1=O)c1ccccc1. The Morgan fingerprint density at radius 3 is 2.65 bits per heavy atom. The van der Waals surface area contributed by atoms with Crippen LogP contribution in [-0.4, -0.2) is 31.1 Å². The van der Waals surface area contributed by atoms with Crippen molar-refractivity contribution >= 4 is 17.2 Å². The highest BCUT2D eigenvalue weighted by molar-refractivity contribution is 5.93. The maximum absolute atomic E-state index is 12.7. The minimum atomic E-state index is -0.354. The van der Waals surface area contributed by atoms with Crippen molar-refractivity contribution in [1.82, 2.24) is 19.2 Å². The van der Waals surface area contributed by atoms with Gasteiger partial charge in [0.05, 0.1) is 6.20 Å². The maximum Gasteiger partial charge on any atom is 0.350 e. The van der Waals surface area contributed by atoms with Crippen LogP contribution in [0.3, 0.4) is 0 Å². The molecule has 0 radical (unpaired) electrons. The Labute approximate surface area is 132 Å². The van der Waals surface area contributed by atoms with Gasteiger partial charge >= 0.3 is 5.69 Å². The highest BCUT2D eigenvalue weighted by Crippen LogP contribution is 2.16. The lowest BCUT2D eigenvalue weighted by Crippen LogP contribution is -2.41. The monoisotopic (exact) mass is 311 g/mol. The van der Waals surface area contributed by atoms with Gasteiger partial charge in [-0.05, 0) is 26.0 Å². The van der Waals surface area contributed by atoms with E-state index in [0.29, 0.717) is 5.65 Å². The summed E-state index contributed by atoms with van der Waals surface area (Å²) in [5.41, 5.74) is 0.861. The van der Waals surface area contributed by atoms with Gasteiger partial charge in [-0.15, -0.1) is 5.10 Å². The number of rotatable bonds is 4. The minimum Gasteiger partial charge on any atom is -0.308 e. The fourth-order valence-electron chi connectivity index (χ4n) is 2.51. The highest BCUT2D eigenvalue weighted by Gasteiger charge is 2.21. The van der Waals surface area contributed by atoms with Crippen LogP contribution in [0.15, 0.2) is 53.7 Å². The molecular weight excluding hydrogens is 294 g/mol. The summed E-state index contributed by atoms with van der Waals surface area (Å²) in [6.07, 6.45) is 4.52. The van der Waals surface area contributed by atoms with E-state index in [1.54, 1.807) is 4.90 Å². The summed E-state index contributed by atoms with van der Waals surface area (Å²) in [6, 6.07) is 9.36. The molecule has 0 saturated carbocycles. The summed E-state index contributed by atoms with van der Waals surface area (Å²) >= 11 is 0. The standard InChI is InChI=1S/C16H17N5O2/c1-12(2)21(13-6-4-3-5-7-13)15(22)11-20-16(23)19-9-8-17-10-14(19)18-20/h3-10,12H,11H2,1-2H3. The molecule has 0 unspecified atom stereocenters. The van der Waals surface area contributed by atoms with Crippen LogP contribution in [0.1, 0.15) is 13.8 Å². The van der Waals surface area contributed by atoms with Crippen LogP contribution in [0.4, 0.5) is 5.69 Å². The normalized spacial score (nSPS) is 11.1. The first-order valence-electron chi connectivity index (χ1n) is 7.34. The van der Waals surface area contributed by atoms with Crippen molar-refractivity contribution in [3.05, 3.63) is 59.4 Å². The van der Waals surface area contributed by atoms with Gasteiger partial charge in [0.2, 0.25) is 5.91 Å². The van der Waals surface area contributed by atoms with Crippen LogP contribution in [0.25, 0.3) is 5.65 Å². The van der Waals surface area contributed by atoms with Crippen molar-refractivity contribution < 1.29 is 4.79 Å². The zero-order valence-corrected chi connectivity index (χ0v) is 13.0. The smallest absolute Gasteiger partial charge is 0.308 e. The van der Waals surface area contributed by atoms with Crippen LogP contribution in [-0.2, 0) is 11.3 Å². The molecule has 1 amide bonds. The average Bonchev–Trinajstić information content (AvgIpc) is 2.85. The maximum atomic E-state index is 12.7. The number of nitrogens with zero attached hydrogens (tertiary/aromatic N) is 5. The zero-order valence-electron chi connectivity index (χ0n) is 13.0. The number of hydrogen-bond acceptors (Lipinski definition) is 4. The quantitative estimate of drug-likeness (QED) is 0.729. The van der Waals surface area contributed by atoms with Crippen molar-refractivity contribution in [2.24, 2.45) is 0 Å². The molecule has 2 heterocycles. The van der Waals surface area contributed by atoms with Crippen LogP contribution in [0, 0.1) is 0 Å². The van der Waals surface area contributed by atoms with Crippen molar-refractivity contribution in [1.29, 1.82) is 0 Å². The highest BCUT2D eigenvalue weighted by atomic mass is 16.2. The number of anilines is 1. The molecule has 1 aromatic carbocycles. The van der Waals surface area contributed by atoms with Gasteiger partial charge in [-0.3, -0.25) is 9.78 Å². The molecule has 3 rings (SSSR count). The number of fused-ring (bicyclic) bond motifs is 1. The van der Waals surface area contributed by atoms with Gasteiger partial charge in [0.25, 0.3) is 0 Å². The first-order valence-corrected chi connectivity index (χ1v) is 7.34. The summed E-state index contributed by atoms with van der Waals surface area (Å²) in [5, 5.41) is 4.14. The van der Waals surface area contributed by atoms with Gasteiger partial charge in [-0.1, -0.05) is 18.2 Å². The number of carbonyl (C=O) groups is 1. The van der Waals surface area contributed by atoms with E-state index in [4.69, 9.17) is 0 Å². The molecule has 0 saturated heterocycles. The Morgan fingerprint density at radius 1 is 1.26 bits per heavy atom. The topological polar surface area (TPSA) is 72.5 Å². The van der Waals surface area contributed by atoms with Crippen molar-refractivity contribution in [3.63, 3.8) is 0 Å². The number of hydrogen-bond donors (Lipinski definition) is 0. The third-order valence-electron chi connectivity index (χ3n) is 3.49. The molecule has 0 aliphatic carbocycles. The van der Waals surface area contributed by atoms with Gasteiger partial charge in [0.15, 0.2) is 5.65 Å². The zero-order chi connectivity index (χ0) is 16.4. The van der Waals surface area contributed by atoms with E-state index in [0.717, 1.165) is 10.4 Å². The van der Waals surface area contributed by atoms with Gasteiger partial charge in [0.1, 0.15) is 6.54 Å². The molecule has 2 aromatic heterocycles. The van der Waals surface area contributed by atoms with Crippen molar-refractivity contribution in [2.45, 2.75) is 26.4 Å². The van der Waals surface area contributed by atoms with E-state index in [9.17, 15) is 9.59 Å². The van der Waals surface area contributed by atoms with E-state index >= 15 is 0 Å². The second-order valence-corrected chi connectivity index (χ2v) is 5.44. The molecular formula is C16H17N5O2. The Kier molecular flexibility index (Phi) is 3.92. The summed E-state index contributed by atoms with van der Waals surface area (Å²) in [4.78, 5) is 30.5. The van der Waals surface area contributed by atoms with E-state index in [2.05, 4.69) is 10.1 Å². The molecule has 23 heavy (non-hydrogen) atoms. The lowest BCUT2D eigenvalue weighted by atomic mass is 10.2. The Morgan fingerprint density at radius 2 is 2.00 bits per heavy atom. The predicted molar refractivity (Wildman–Crippen MR) is 86.3 cm³/mol. The van der Waals surface area contributed by atoms with Crippen LogP contribution in [0.5, 0.6) is 0 Å². The fourth-order valence-corrected chi connectivity index (χ4v) is 2.51. The second kappa shape index (κ2) is 6.04. The minimum absolute atomic E-state index is 0.0284. The van der Waals surface area contributed by atoms with Gasteiger partial charge in [0, 0.05) is 24.1 Å². The second-order valence-electron chi connectivity index (χ2n) is 5.44. The number of para-hydroxylation sites is 1. The lowest BCUT2D eigenvalue weighted by molar-refractivity contribution is -0.119. The van der Waals surface area contributed by atoms with Crippen molar-refractivity contribution in [2.75, 3.05) is 4.90 Å². The Hall–Kier alpha value is -2.96. The van der Waals surface area contributed by atoms with Crippen LogP contribution >= 0.6 is 0 Å². The third-order valence-corrected chi connectivity index (χ3v) is 3.49. The molecule has 118 valence electrons. The summed E-state index contributed by atoms with van der Waals surface area (Å²) in [6.45, 7) is 3.75. The van der Waals surface area contributed by atoms with E-state index in [1.807, 2.05) is 44.2 Å². The number of amides is 1. The molecule has 0 aliphatic rings. The number of carbonyl (C=O) groups excluding carboxylic acids is 1. The molecule has 0 fully saturated rings. The number of benzene rings is 1. The molecule has 0 bridgehead atoms.